The van der Waals surface area contributed by atoms with E-state index < -0.39 is 5.60 Å². The standard InChI is InChI=1S/C35H41FO3/c1-6-35(7-2,30-13-12-27(25(3)22-30)16-20-34(37)18-8-9-19-34)31-14-15-32(26(4)23-31)29-11-10-28(33(36)24-29)17-21-39-38-5/h10-15,22-24,37H,6-9,17-19,21H2,1-5H3. The molecule has 3 aromatic rings. The number of rotatable bonds is 9. The van der Waals surface area contributed by atoms with Crippen LogP contribution in [0, 0.1) is 31.5 Å². The third-order valence-electron chi connectivity index (χ3n) is 8.56. The second-order valence-electron chi connectivity index (χ2n) is 10.9. The van der Waals surface area contributed by atoms with E-state index in [0.29, 0.717) is 18.6 Å². The van der Waals surface area contributed by atoms with Crippen molar-refractivity contribution in [3.05, 3.63) is 93.8 Å². The summed E-state index contributed by atoms with van der Waals surface area (Å²) in [5.74, 6) is 6.18. The maximum Gasteiger partial charge on any atom is 0.127 e. The molecule has 1 fully saturated rings. The van der Waals surface area contributed by atoms with Crippen LogP contribution in [0.1, 0.15) is 85.8 Å². The van der Waals surface area contributed by atoms with Crippen LogP contribution in [-0.4, -0.2) is 24.4 Å². The van der Waals surface area contributed by atoms with Crippen LogP contribution in [0.5, 0.6) is 0 Å². The van der Waals surface area contributed by atoms with E-state index in [0.717, 1.165) is 66.3 Å². The monoisotopic (exact) mass is 528 g/mol. The summed E-state index contributed by atoms with van der Waals surface area (Å²) in [4.78, 5) is 9.51. The molecule has 0 bridgehead atoms. The van der Waals surface area contributed by atoms with Gasteiger partial charge in [0.1, 0.15) is 11.4 Å². The van der Waals surface area contributed by atoms with E-state index in [9.17, 15) is 9.50 Å². The Morgan fingerprint density at radius 3 is 2.18 bits per heavy atom. The first-order chi connectivity index (χ1) is 18.7. The summed E-state index contributed by atoms with van der Waals surface area (Å²) in [7, 11) is 1.45. The molecular formula is C35H41FO3. The number of benzene rings is 3. The summed E-state index contributed by atoms with van der Waals surface area (Å²) >= 11 is 0. The zero-order valence-corrected chi connectivity index (χ0v) is 24.0. The first-order valence-electron chi connectivity index (χ1n) is 14.2. The molecule has 39 heavy (non-hydrogen) atoms. The lowest BCUT2D eigenvalue weighted by Gasteiger charge is -2.34. The molecule has 3 nitrogen and oxygen atoms in total. The number of aliphatic hydroxyl groups is 1. The highest BCUT2D eigenvalue weighted by Crippen LogP contribution is 2.41. The summed E-state index contributed by atoms with van der Waals surface area (Å²) in [6.45, 7) is 9.01. The van der Waals surface area contributed by atoms with Gasteiger partial charge in [-0.05, 0) is 103 Å². The van der Waals surface area contributed by atoms with Crippen molar-refractivity contribution in [2.75, 3.05) is 13.7 Å². The van der Waals surface area contributed by atoms with Crippen LogP contribution < -0.4 is 0 Å². The highest BCUT2D eigenvalue weighted by molar-refractivity contribution is 5.68. The van der Waals surface area contributed by atoms with Gasteiger partial charge in [-0.25, -0.2) is 14.2 Å². The van der Waals surface area contributed by atoms with E-state index in [4.69, 9.17) is 4.89 Å². The van der Waals surface area contributed by atoms with Crippen molar-refractivity contribution in [2.45, 2.75) is 83.7 Å². The Balaban J connectivity index is 1.63. The smallest absolute Gasteiger partial charge is 0.127 e. The van der Waals surface area contributed by atoms with Crippen molar-refractivity contribution in [3.63, 3.8) is 0 Å². The third-order valence-corrected chi connectivity index (χ3v) is 8.56. The average Bonchev–Trinajstić information content (AvgIpc) is 3.37. The second kappa shape index (κ2) is 12.5. The highest BCUT2D eigenvalue weighted by Gasteiger charge is 2.32. The Bertz CT molecular complexity index is 1350. The molecule has 0 heterocycles. The molecule has 0 radical (unpaired) electrons. The van der Waals surface area contributed by atoms with Gasteiger partial charge < -0.3 is 5.11 Å². The molecule has 0 amide bonds. The zero-order chi connectivity index (χ0) is 28.0. The lowest BCUT2D eigenvalue weighted by Crippen LogP contribution is -2.26. The van der Waals surface area contributed by atoms with Crippen molar-refractivity contribution in [1.82, 2.24) is 0 Å². The summed E-state index contributed by atoms with van der Waals surface area (Å²) < 4.78 is 14.8. The fraction of sp³-hybridized carbons (Fsp3) is 0.429. The third kappa shape index (κ3) is 6.28. The Morgan fingerprint density at radius 2 is 1.59 bits per heavy atom. The molecular weight excluding hydrogens is 487 g/mol. The molecule has 3 aromatic carbocycles. The quantitative estimate of drug-likeness (QED) is 0.132. The normalized spacial score (nSPS) is 14.7. The molecule has 0 unspecified atom stereocenters. The fourth-order valence-electron chi connectivity index (χ4n) is 6.04. The first-order valence-corrected chi connectivity index (χ1v) is 14.2. The minimum Gasteiger partial charge on any atom is -0.378 e. The van der Waals surface area contributed by atoms with Gasteiger partial charge in [-0.2, -0.15) is 0 Å². The molecule has 206 valence electrons. The van der Waals surface area contributed by atoms with E-state index in [1.54, 1.807) is 6.07 Å². The number of aryl methyl sites for hydroxylation is 2. The van der Waals surface area contributed by atoms with E-state index in [-0.39, 0.29) is 11.2 Å². The fourth-order valence-corrected chi connectivity index (χ4v) is 6.04. The number of hydrogen-bond donors (Lipinski definition) is 1. The first kappa shape index (κ1) is 29.0. The topological polar surface area (TPSA) is 38.7 Å². The van der Waals surface area contributed by atoms with Gasteiger partial charge in [0, 0.05) is 17.4 Å². The van der Waals surface area contributed by atoms with E-state index in [1.165, 1.54) is 18.2 Å². The van der Waals surface area contributed by atoms with Gasteiger partial charge >= 0.3 is 0 Å². The van der Waals surface area contributed by atoms with Crippen LogP contribution in [0.15, 0.2) is 54.6 Å². The highest BCUT2D eigenvalue weighted by atomic mass is 19.1. The molecule has 1 aliphatic carbocycles. The predicted molar refractivity (Wildman–Crippen MR) is 156 cm³/mol. The number of halogens is 1. The van der Waals surface area contributed by atoms with E-state index >= 15 is 0 Å². The van der Waals surface area contributed by atoms with Crippen molar-refractivity contribution in [1.29, 1.82) is 0 Å². The Labute approximate surface area is 233 Å². The van der Waals surface area contributed by atoms with Crippen molar-refractivity contribution >= 4 is 0 Å². The van der Waals surface area contributed by atoms with Crippen LogP contribution >= 0.6 is 0 Å². The van der Waals surface area contributed by atoms with Crippen LogP contribution in [0.3, 0.4) is 0 Å². The Morgan fingerprint density at radius 1 is 0.923 bits per heavy atom. The zero-order valence-electron chi connectivity index (χ0n) is 24.0. The Hall–Kier alpha value is -2.97. The van der Waals surface area contributed by atoms with Crippen LogP contribution in [0.25, 0.3) is 11.1 Å². The Kier molecular flexibility index (Phi) is 9.28. The van der Waals surface area contributed by atoms with Gasteiger partial charge in [0.2, 0.25) is 0 Å². The molecule has 1 saturated carbocycles. The maximum atomic E-state index is 14.8. The second-order valence-corrected chi connectivity index (χ2v) is 10.9. The van der Waals surface area contributed by atoms with E-state index in [1.807, 2.05) is 12.1 Å². The van der Waals surface area contributed by atoms with Crippen LogP contribution in [-0.2, 0) is 21.6 Å². The molecule has 0 aliphatic heterocycles. The molecule has 0 aromatic heterocycles. The van der Waals surface area contributed by atoms with Gasteiger partial charge in [-0.15, -0.1) is 0 Å². The lowest BCUT2D eigenvalue weighted by atomic mass is 9.69. The van der Waals surface area contributed by atoms with Gasteiger partial charge in [0.25, 0.3) is 0 Å². The van der Waals surface area contributed by atoms with E-state index in [2.05, 4.69) is 80.8 Å². The maximum absolute atomic E-state index is 14.8. The molecule has 1 N–H and O–H groups in total. The average molecular weight is 529 g/mol. The van der Waals surface area contributed by atoms with Gasteiger partial charge in [0.15, 0.2) is 0 Å². The SMILES string of the molecule is CCC(CC)(c1ccc(C#CC2(O)CCCC2)c(C)c1)c1ccc(-c2ccc(CCOOC)c(F)c2)c(C)c1. The van der Waals surface area contributed by atoms with Gasteiger partial charge in [-0.1, -0.05) is 68.2 Å². The molecule has 1 aliphatic rings. The minimum atomic E-state index is -0.831. The van der Waals surface area contributed by atoms with Crippen molar-refractivity contribution < 1.29 is 19.3 Å². The van der Waals surface area contributed by atoms with Gasteiger partial charge in [-0.3, -0.25) is 0 Å². The minimum absolute atomic E-state index is 0.139. The molecule has 4 rings (SSSR count). The summed E-state index contributed by atoms with van der Waals surface area (Å²) in [6.07, 6.45) is 5.99. The lowest BCUT2D eigenvalue weighted by molar-refractivity contribution is -0.271. The molecule has 0 saturated heterocycles. The summed E-state index contributed by atoms with van der Waals surface area (Å²) in [5, 5.41) is 10.7. The summed E-state index contributed by atoms with van der Waals surface area (Å²) in [6, 6.07) is 18.6. The predicted octanol–water partition coefficient (Wildman–Crippen LogP) is 7.99. The molecule has 0 spiro atoms. The van der Waals surface area contributed by atoms with Crippen LogP contribution in [0.2, 0.25) is 0 Å². The molecule has 0 atom stereocenters. The van der Waals surface area contributed by atoms with Crippen molar-refractivity contribution in [3.8, 4) is 23.0 Å². The summed E-state index contributed by atoms with van der Waals surface area (Å²) in [5.41, 5.74) is 7.32. The largest absolute Gasteiger partial charge is 0.378 e. The number of hydrogen-bond acceptors (Lipinski definition) is 3. The molecule has 4 heteroatoms. The van der Waals surface area contributed by atoms with Crippen molar-refractivity contribution in [2.24, 2.45) is 0 Å². The van der Waals surface area contributed by atoms with Crippen LogP contribution in [0.4, 0.5) is 4.39 Å². The van der Waals surface area contributed by atoms with Gasteiger partial charge in [0.05, 0.1) is 13.7 Å².